The van der Waals surface area contributed by atoms with E-state index in [1.807, 2.05) is 23.1 Å². The molecule has 2 fully saturated rings. The Balaban J connectivity index is 1.40. The molecule has 2 N–H and O–H groups in total. The van der Waals surface area contributed by atoms with Crippen LogP contribution in [-0.4, -0.2) is 61.5 Å². The van der Waals surface area contributed by atoms with Gasteiger partial charge in [-0.1, -0.05) is 19.1 Å². The molecule has 6 nitrogen and oxygen atoms in total. The number of hydrogen-bond acceptors (Lipinski definition) is 3. The predicted octanol–water partition coefficient (Wildman–Crippen LogP) is 2.70. The molecule has 0 spiro atoms. The van der Waals surface area contributed by atoms with E-state index in [0.717, 1.165) is 37.4 Å². The summed E-state index contributed by atoms with van der Waals surface area (Å²) in [5.41, 5.74) is 1.55. The molecule has 0 unspecified atom stereocenters. The molecule has 28 heavy (non-hydrogen) atoms. The van der Waals surface area contributed by atoms with Gasteiger partial charge in [-0.3, -0.25) is 4.79 Å². The summed E-state index contributed by atoms with van der Waals surface area (Å²) >= 11 is 0. The zero-order valence-corrected chi connectivity index (χ0v) is 17.2. The first-order valence-corrected chi connectivity index (χ1v) is 10.6. The van der Waals surface area contributed by atoms with Crippen LogP contribution in [0.2, 0.25) is 0 Å². The largest absolute Gasteiger partial charge is 0.355 e. The van der Waals surface area contributed by atoms with Gasteiger partial charge in [-0.15, -0.1) is 0 Å². The lowest BCUT2D eigenvalue weighted by Crippen LogP contribution is -2.46. The van der Waals surface area contributed by atoms with Crippen LogP contribution < -0.4 is 10.6 Å². The van der Waals surface area contributed by atoms with Crippen molar-refractivity contribution in [1.29, 1.82) is 0 Å². The fraction of sp³-hybridized carbons (Fsp3) is 0.636. The van der Waals surface area contributed by atoms with Gasteiger partial charge in [0.25, 0.3) is 5.91 Å². The summed E-state index contributed by atoms with van der Waals surface area (Å²) in [7, 11) is 1.62. The van der Waals surface area contributed by atoms with Crippen LogP contribution in [0.1, 0.15) is 48.5 Å². The molecule has 0 bridgehead atoms. The lowest BCUT2D eigenvalue weighted by atomic mass is 9.93. The van der Waals surface area contributed by atoms with Crippen molar-refractivity contribution in [3.63, 3.8) is 0 Å². The van der Waals surface area contributed by atoms with Gasteiger partial charge in [-0.25, -0.2) is 4.79 Å². The number of hydrogen-bond donors (Lipinski definition) is 2. The molecular weight excluding hydrogens is 352 g/mol. The first-order valence-electron chi connectivity index (χ1n) is 10.6. The summed E-state index contributed by atoms with van der Waals surface area (Å²) in [6, 6.07) is 7.37. The Morgan fingerprint density at radius 1 is 1.07 bits per heavy atom. The minimum absolute atomic E-state index is 0.00408. The van der Waals surface area contributed by atoms with Gasteiger partial charge in [0.2, 0.25) is 0 Å². The average molecular weight is 387 g/mol. The molecule has 0 atom stereocenters. The molecule has 2 saturated heterocycles. The predicted molar refractivity (Wildman–Crippen MR) is 111 cm³/mol. The van der Waals surface area contributed by atoms with Crippen LogP contribution in [0.25, 0.3) is 0 Å². The highest BCUT2D eigenvalue weighted by atomic mass is 16.2. The Kier molecular flexibility index (Phi) is 7.31. The molecular formula is C22H34N4O2. The van der Waals surface area contributed by atoms with Crippen molar-refractivity contribution in [2.75, 3.05) is 39.8 Å². The average Bonchev–Trinajstić information content (AvgIpc) is 2.74. The molecule has 0 saturated carbocycles. The van der Waals surface area contributed by atoms with Crippen molar-refractivity contribution in [3.05, 3.63) is 35.4 Å². The summed E-state index contributed by atoms with van der Waals surface area (Å²) in [6.45, 7) is 8.11. The van der Waals surface area contributed by atoms with Crippen molar-refractivity contribution in [2.45, 2.75) is 39.2 Å². The Hall–Kier alpha value is -2.08. The van der Waals surface area contributed by atoms with Crippen LogP contribution in [0.5, 0.6) is 0 Å². The summed E-state index contributed by atoms with van der Waals surface area (Å²) in [6.07, 6.45) is 4.82. The number of likely N-dealkylation sites (tertiary alicyclic amines) is 2. The third-order valence-electron chi connectivity index (χ3n) is 6.15. The smallest absolute Gasteiger partial charge is 0.317 e. The van der Waals surface area contributed by atoms with E-state index in [-0.39, 0.29) is 11.9 Å². The normalized spacial score (nSPS) is 19.4. The Morgan fingerprint density at radius 2 is 1.79 bits per heavy atom. The van der Waals surface area contributed by atoms with Gasteiger partial charge in [0.05, 0.1) is 0 Å². The van der Waals surface area contributed by atoms with E-state index in [2.05, 4.69) is 22.5 Å². The third kappa shape index (κ3) is 5.71. The van der Waals surface area contributed by atoms with E-state index in [9.17, 15) is 9.59 Å². The molecule has 2 heterocycles. The van der Waals surface area contributed by atoms with E-state index in [4.69, 9.17) is 0 Å². The molecule has 0 aliphatic carbocycles. The van der Waals surface area contributed by atoms with Crippen molar-refractivity contribution in [3.8, 4) is 0 Å². The van der Waals surface area contributed by atoms with Crippen molar-refractivity contribution in [2.24, 2.45) is 11.8 Å². The molecule has 3 rings (SSSR count). The number of rotatable bonds is 5. The Morgan fingerprint density at radius 3 is 2.46 bits per heavy atom. The second kappa shape index (κ2) is 9.92. The van der Waals surface area contributed by atoms with Crippen LogP contribution in [-0.2, 0) is 6.54 Å². The lowest BCUT2D eigenvalue weighted by Gasteiger charge is -2.37. The highest BCUT2D eigenvalue weighted by molar-refractivity contribution is 5.94. The highest BCUT2D eigenvalue weighted by Gasteiger charge is 2.25. The molecule has 6 heteroatoms. The molecule has 1 aromatic rings. The van der Waals surface area contributed by atoms with Gasteiger partial charge in [0.15, 0.2) is 0 Å². The Labute approximate surface area is 168 Å². The number of amides is 3. The number of benzene rings is 1. The van der Waals surface area contributed by atoms with Crippen molar-refractivity contribution >= 4 is 11.9 Å². The maximum atomic E-state index is 12.5. The Bertz CT molecular complexity index is 662. The SMILES string of the molecule is CNC(=O)c1cccc(CNC(=O)N2CCC(CN3CCC(C)CC3)CC2)c1. The maximum absolute atomic E-state index is 12.5. The number of carbonyl (C=O) groups is 2. The minimum Gasteiger partial charge on any atom is -0.355 e. The van der Waals surface area contributed by atoms with Gasteiger partial charge < -0.3 is 20.4 Å². The van der Waals surface area contributed by atoms with Crippen LogP contribution in [0, 0.1) is 11.8 Å². The quantitative estimate of drug-likeness (QED) is 0.818. The van der Waals surface area contributed by atoms with E-state index in [1.165, 1.54) is 32.5 Å². The maximum Gasteiger partial charge on any atom is 0.317 e. The van der Waals surface area contributed by atoms with Crippen LogP contribution in [0.3, 0.4) is 0 Å². The molecule has 0 aromatic heterocycles. The molecule has 2 aliphatic heterocycles. The monoisotopic (exact) mass is 386 g/mol. The second-order valence-corrected chi connectivity index (χ2v) is 8.35. The fourth-order valence-electron chi connectivity index (χ4n) is 4.18. The topological polar surface area (TPSA) is 64.7 Å². The summed E-state index contributed by atoms with van der Waals surface area (Å²) < 4.78 is 0. The van der Waals surface area contributed by atoms with Crippen molar-refractivity contribution in [1.82, 2.24) is 20.4 Å². The van der Waals surface area contributed by atoms with Gasteiger partial charge >= 0.3 is 6.03 Å². The first-order chi connectivity index (χ1) is 13.5. The van der Waals surface area contributed by atoms with Gasteiger partial charge in [0, 0.05) is 38.8 Å². The van der Waals surface area contributed by atoms with Crippen LogP contribution >= 0.6 is 0 Å². The van der Waals surface area contributed by atoms with Gasteiger partial charge in [-0.2, -0.15) is 0 Å². The number of nitrogens with zero attached hydrogens (tertiary/aromatic N) is 2. The molecule has 1 aromatic carbocycles. The van der Waals surface area contributed by atoms with E-state index in [1.54, 1.807) is 13.1 Å². The molecule has 154 valence electrons. The number of nitrogens with one attached hydrogen (secondary N) is 2. The van der Waals surface area contributed by atoms with Gasteiger partial charge in [-0.05, 0) is 68.3 Å². The molecule has 2 aliphatic rings. The number of piperidine rings is 2. The number of carbonyl (C=O) groups excluding carboxylic acids is 2. The second-order valence-electron chi connectivity index (χ2n) is 8.35. The third-order valence-corrected chi connectivity index (χ3v) is 6.15. The minimum atomic E-state index is -0.113. The van der Waals surface area contributed by atoms with Crippen LogP contribution in [0.15, 0.2) is 24.3 Å². The highest BCUT2D eigenvalue weighted by Crippen LogP contribution is 2.22. The summed E-state index contributed by atoms with van der Waals surface area (Å²) in [5, 5.41) is 5.62. The van der Waals surface area contributed by atoms with Crippen LogP contribution in [0.4, 0.5) is 4.79 Å². The standard InChI is InChI=1S/C22H34N4O2/c1-17-6-10-25(11-7-17)16-18-8-12-26(13-9-18)22(28)24-15-19-4-3-5-20(14-19)21(27)23-2/h3-5,14,17-18H,6-13,15-16H2,1-2H3,(H,23,27)(H,24,28). The fourth-order valence-corrected chi connectivity index (χ4v) is 4.18. The van der Waals surface area contributed by atoms with Gasteiger partial charge in [0.1, 0.15) is 0 Å². The van der Waals surface area contributed by atoms with E-state index in [0.29, 0.717) is 18.0 Å². The first kappa shape index (κ1) is 20.6. The zero-order valence-electron chi connectivity index (χ0n) is 17.2. The van der Waals surface area contributed by atoms with E-state index >= 15 is 0 Å². The summed E-state index contributed by atoms with van der Waals surface area (Å²) in [4.78, 5) is 28.8. The summed E-state index contributed by atoms with van der Waals surface area (Å²) in [5.74, 6) is 1.47. The molecule has 0 radical (unpaired) electrons. The lowest BCUT2D eigenvalue weighted by molar-refractivity contribution is 0.0963. The van der Waals surface area contributed by atoms with Crippen molar-refractivity contribution < 1.29 is 9.59 Å². The molecule has 3 amide bonds. The van der Waals surface area contributed by atoms with E-state index < -0.39 is 0 Å². The zero-order chi connectivity index (χ0) is 19.9. The number of urea groups is 1.